The minimum Gasteiger partial charge on any atom is -0.394 e. The van der Waals surface area contributed by atoms with Crippen molar-refractivity contribution in [3.05, 3.63) is 33.3 Å². The van der Waals surface area contributed by atoms with E-state index in [0.717, 1.165) is 10.0 Å². The molecule has 18 heavy (non-hydrogen) atoms. The molecule has 1 aliphatic carbocycles. The van der Waals surface area contributed by atoms with Gasteiger partial charge < -0.3 is 10.4 Å². The monoisotopic (exact) mass is 331 g/mol. The van der Waals surface area contributed by atoms with Crippen molar-refractivity contribution in [3.63, 3.8) is 0 Å². The highest BCUT2D eigenvalue weighted by atomic mass is 79.9. The van der Waals surface area contributed by atoms with Gasteiger partial charge in [0.05, 0.1) is 12.6 Å². The molecule has 0 bridgehead atoms. The Kier molecular flexibility index (Phi) is 5.49. The van der Waals surface area contributed by atoms with E-state index < -0.39 is 0 Å². The van der Waals surface area contributed by atoms with Gasteiger partial charge in [-0.05, 0) is 30.5 Å². The van der Waals surface area contributed by atoms with Gasteiger partial charge in [0.15, 0.2) is 0 Å². The van der Waals surface area contributed by atoms with Gasteiger partial charge in [0.1, 0.15) is 0 Å². The van der Waals surface area contributed by atoms with E-state index >= 15 is 0 Å². The second kappa shape index (κ2) is 6.90. The topological polar surface area (TPSA) is 32.3 Å². The van der Waals surface area contributed by atoms with E-state index in [-0.39, 0.29) is 12.6 Å². The largest absolute Gasteiger partial charge is 0.394 e. The molecule has 2 nitrogen and oxygen atoms in total. The van der Waals surface area contributed by atoms with Crippen LogP contribution in [0.5, 0.6) is 0 Å². The summed E-state index contributed by atoms with van der Waals surface area (Å²) < 4.78 is 0.964. The van der Waals surface area contributed by atoms with Crippen LogP contribution in [0.3, 0.4) is 0 Å². The summed E-state index contributed by atoms with van der Waals surface area (Å²) in [5, 5.41) is 13.8. The molecule has 4 heteroatoms. The molecule has 0 aliphatic heterocycles. The SMILES string of the molecule is OCC(NC1CCCCC1)c1ccc(Br)cc1Cl. The normalized spacial score (nSPS) is 18.8. The minimum absolute atomic E-state index is 0.0614. The van der Waals surface area contributed by atoms with E-state index in [1.165, 1.54) is 32.1 Å². The molecule has 0 heterocycles. The quantitative estimate of drug-likeness (QED) is 0.871. The van der Waals surface area contributed by atoms with Crippen LogP contribution in [0.2, 0.25) is 5.02 Å². The predicted octanol–water partition coefficient (Wildman–Crippen LogP) is 4.06. The van der Waals surface area contributed by atoms with Crippen LogP contribution < -0.4 is 5.32 Å². The Hall–Kier alpha value is -0.0900. The molecule has 1 aromatic carbocycles. The Balaban J connectivity index is 2.07. The first-order valence-electron chi connectivity index (χ1n) is 6.52. The van der Waals surface area contributed by atoms with Gasteiger partial charge in [-0.15, -0.1) is 0 Å². The summed E-state index contributed by atoms with van der Waals surface area (Å²) in [6.07, 6.45) is 6.30. The van der Waals surface area contributed by atoms with Crippen LogP contribution >= 0.6 is 27.5 Å². The molecule has 0 radical (unpaired) electrons. The summed E-state index contributed by atoms with van der Waals surface area (Å²) in [6.45, 7) is 0.0812. The Morgan fingerprint density at radius 2 is 2.06 bits per heavy atom. The smallest absolute Gasteiger partial charge is 0.0627 e. The summed E-state index contributed by atoms with van der Waals surface area (Å²) in [5.74, 6) is 0. The summed E-state index contributed by atoms with van der Waals surface area (Å²) in [5.41, 5.74) is 0.980. The molecule has 1 fully saturated rings. The third-order valence-electron chi connectivity index (χ3n) is 3.56. The van der Waals surface area contributed by atoms with Gasteiger partial charge in [-0.25, -0.2) is 0 Å². The number of nitrogens with one attached hydrogen (secondary N) is 1. The molecule has 1 unspecified atom stereocenters. The van der Waals surface area contributed by atoms with Crippen molar-refractivity contribution in [1.82, 2.24) is 5.32 Å². The van der Waals surface area contributed by atoms with Crippen molar-refractivity contribution < 1.29 is 5.11 Å². The van der Waals surface area contributed by atoms with Crippen LogP contribution in [0.1, 0.15) is 43.7 Å². The molecular weight excluding hydrogens is 314 g/mol. The van der Waals surface area contributed by atoms with Crippen molar-refractivity contribution in [3.8, 4) is 0 Å². The number of hydrogen-bond donors (Lipinski definition) is 2. The average molecular weight is 333 g/mol. The van der Waals surface area contributed by atoms with Gasteiger partial charge in [-0.3, -0.25) is 0 Å². The molecule has 0 spiro atoms. The number of aliphatic hydroxyl groups excluding tert-OH is 1. The Labute approximate surface area is 122 Å². The second-order valence-corrected chi connectivity index (χ2v) is 6.23. The fraction of sp³-hybridized carbons (Fsp3) is 0.571. The summed E-state index contributed by atoms with van der Waals surface area (Å²) in [7, 11) is 0. The van der Waals surface area contributed by atoms with Gasteiger partial charge in [-0.2, -0.15) is 0 Å². The predicted molar refractivity (Wildman–Crippen MR) is 79.0 cm³/mol. The summed E-state index contributed by atoms with van der Waals surface area (Å²) in [4.78, 5) is 0. The summed E-state index contributed by atoms with van der Waals surface area (Å²) in [6, 6.07) is 6.27. The van der Waals surface area contributed by atoms with E-state index in [1.54, 1.807) is 0 Å². The number of rotatable bonds is 4. The minimum atomic E-state index is -0.0614. The number of hydrogen-bond acceptors (Lipinski definition) is 2. The average Bonchev–Trinajstić information content (AvgIpc) is 2.38. The van der Waals surface area contributed by atoms with Crippen LogP contribution in [0.25, 0.3) is 0 Å². The highest BCUT2D eigenvalue weighted by Gasteiger charge is 2.20. The van der Waals surface area contributed by atoms with E-state index in [1.807, 2.05) is 18.2 Å². The lowest BCUT2D eigenvalue weighted by atomic mass is 9.94. The first kappa shape index (κ1) is 14.3. The van der Waals surface area contributed by atoms with E-state index in [0.29, 0.717) is 11.1 Å². The van der Waals surface area contributed by atoms with Gasteiger partial charge in [0.25, 0.3) is 0 Å². The zero-order valence-corrected chi connectivity index (χ0v) is 12.7. The molecule has 2 N–H and O–H groups in total. The third kappa shape index (κ3) is 3.70. The molecule has 0 saturated heterocycles. The van der Waals surface area contributed by atoms with E-state index in [9.17, 15) is 5.11 Å². The van der Waals surface area contributed by atoms with Crippen LogP contribution in [0.15, 0.2) is 22.7 Å². The molecular formula is C14H19BrClNO. The zero-order chi connectivity index (χ0) is 13.0. The summed E-state index contributed by atoms with van der Waals surface area (Å²) >= 11 is 9.64. The lowest BCUT2D eigenvalue weighted by molar-refractivity contribution is 0.220. The van der Waals surface area contributed by atoms with Crippen LogP contribution in [0, 0.1) is 0 Å². The standard InChI is InChI=1S/C14H19BrClNO/c15-10-6-7-12(13(16)8-10)14(9-18)17-11-4-2-1-3-5-11/h6-8,11,14,17-18H,1-5,9H2. The van der Waals surface area contributed by atoms with Gasteiger partial charge in [0.2, 0.25) is 0 Å². The zero-order valence-electron chi connectivity index (χ0n) is 10.3. The fourth-order valence-electron chi connectivity index (χ4n) is 2.58. The van der Waals surface area contributed by atoms with Crippen LogP contribution in [-0.2, 0) is 0 Å². The van der Waals surface area contributed by atoms with E-state index in [4.69, 9.17) is 11.6 Å². The van der Waals surface area contributed by atoms with Gasteiger partial charge in [-0.1, -0.05) is 52.9 Å². The lowest BCUT2D eigenvalue weighted by Gasteiger charge is -2.28. The van der Waals surface area contributed by atoms with Crippen molar-refractivity contribution >= 4 is 27.5 Å². The molecule has 2 rings (SSSR count). The van der Waals surface area contributed by atoms with Crippen molar-refractivity contribution in [2.75, 3.05) is 6.61 Å². The lowest BCUT2D eigenvalue weighted by Crippen LogP contribution is -2.36. The molecule has 1 aromatic rings. The third-order valence-corrected chi connectivity index (χ3v) is 4.38. The first-order valence-corrected chi connectivity index (χ1v) is 7.69. The Morgan fingerprint density at radius 3 is 2.67 bits per heavy atom. The van der Waals surface area contributed by atoms with Crippen molar-refractivity contribution in [1.29, 1.82) is 0 Å². The number of halogens is 2. The highest BCUT2D eigenvalue weighted by molar-refractivity contribution is 9.10. The first-order chi connectivity index (χ1) is 8.70. The van der Waals surface area contributed by atoms with Gasteiger partial charge >= 0.3 is 0 Å². The maximum absolute atomic E-state index is 9.57. The van der Waals surface area contributed by atoms with Crippen LogP contribution in [-0.4, -0.2) is 17.8 Å². The van der Waals surface area contributed by atoms with Crippen molar-refractivity contribution in [2.45, 2.75) is 44.2 Å². The fourth-order valence-corrected chi connectivity index (χ4v) is 3.38. The molecule has 0 amide bonds. The molecule has 1 aliphatic rings. The number of aliphatic hydroxyl groups is 1. The second-order valence-electron chi connectivity index (χ2n) is 4.90. The maximum Gasteiger partial charge on any atom is 0.0627 e. The van der Waals surface area contributed by atoms with Crippen LogP contribution in [0.4, 0.5) is 0 Å². The molecule has 1 atom stereocenters. The number of benzene rings is 1. The molecule has 1 saturated carbocycles. The van der Waals surface area contributed by atoms with Crippen molar-refractivity contribution in [2.24, 2.45) is 0 Å². The highest BCUT2D eigenvalue weighted by Crippen LogP contribution is 2.28. The molecule has 0 aromatic heterocycles. The molecule has 100 valence electrons. The Morgan fingerprint density at radius 1 is 1.33 bits per heavy atom. The maximum atomic E-state index is 9.57. The van der Waals surface area contributed by atoms with E-state index in [2.05, 4.69) is 21.2 Å². The Bertz CT molecular complexity index is 393. The van der Waals surface area contributed by atoms with Gasteiger partial charge in [0, 0.05) is 15.5 Å².